The summed E-state index contributed by atoms with van der Waals surface area (Å²) in [6.07, 6.45) is 2.79. The van der Waals surface area contributed by atoms with Crippen LogP contribution in [0.2, 0.25) is 0 Å². The van der Waals surface area contributed by atoms with Gasteiger partial charge in [0.1, 0.15) is 13.2 Å². The molecule has 0 heterocycles. The molecular weight excluding hydrogens is 196 g/mol. The van der Waals surface area contributed by atoms with Crippen LogP contribution in [0.15, 0.2) is 25.7 Å². The minimum absolute atomic E-state index is 0.328. The number of ether oxygens (including phenoxy) is 4. The highest BCUT2D eigenvalue weighted by Gasteiger charge is 2.32. The normalized spacial score (nSPS) is 10.8. The van der Waals surface area contributed by atoms with Gasteiger partial charge in [0.15, 0.2) is 0 Å². The van der Waals surface area contributed by atoms with E-state index in [4.69, 9.17) is 18.9 Å². The summed E-state index contributed by atoms with van der Waals surface area (Å²) in [5.41, 5.74) is -0.328. The lowest BCUT2D eigenvalue weighted by Crippen LogP contribution is -2.40. The Kier molecular flexibility index (Phi) is 7.77. The van der Waals surface area contributed by atoms with Crippen LogP contribution in [-0.2, 0) is 18.9 Å². The van der Waals surface area contributed by atoms with Crippen molar-refractivity contribution in [2.24, 2.45) is 5.41 Å². The first kappa shape index (κ1) is 14.0. The predicted molar refractivity (Wildman–Crippen MR) is 58.5 cm³/mol. The molecule has 0 spiro atoms. The fourth-order valence-electron chi connectivity index (χ4n) is 1.33. The SMILES string of the molecule is C=COCC(COC)(COC)COC=C. The van der Waals surface area contributed by atoms with E-state index in [1.807, 2.05) is 0 Å². The van der Waals surface area contributed by atoms with Crippen molar-refractivity contribution >= 4 is 0 Å². The summed E-state index contributed by atoms with van der Waals surface area (Å²) in [7, 11) is 3.26. The molecule has 0 aromatic rings. The summed E-state index contributed by atoms with van der Waals surface area (Å²) >= 11 is 0. The highest BCUT2D eigenvalue weighted by atomic mass is 16.5. The number of methoxy groups -OCH3 is 2. The van der Waals surface area contributed by atoms with Gasteiger partial charge in [-0.2, -0.15) is 0 Å². The van der Waals surface area contributed by atoms with Gasteiger partial charge in [-0.15, -0.1) is 0 Å². The lowest BCUT2D eigenvalue weighted by molar-refractivity contribution is -0.0625. The van der Waals surface area contributed by atoms with Crippen molar-refractivity contribution in [1.29, 1.82) is 0 Å². The molecule has 0 aliphatic carbocycles. The van der Waals surface area contributed by atoms with Gasteiger partial charge in [-0.05, 0) is 0 Å². The van der Waals surface area contributed by atoms with Crippen LogP contribution in [0.5, 0.6) is 0 Å². The smallest absolute Gasteiger partial charge is 0.101 e. The molecular formula is C11H20O4. The van der Waals surface area contributed by atoms with Gasteiger partial charge in [-0.1, -0.05) is 13.2 Å². The predicted octanol–water partition coefficient (Wildman–Crippen LogP) is 1.59. The fraction of sp³-hybridized carbons (Fsp3) is 0.636. The molecule has 0 aliphatic rings. The third-order valence-corrected chi connectivity index (χ3v) is 1.92. The van der Waals surface area contributed by atoms with Crippen molar-refractivity contribution in [3.05, 3.63) is 25.7 Å². The Balaban J connectivity index is 4.38. The van der Waals surface area contributed by atoms with Crippen LogP contribution >= 0.6 is 0 Å². The molecule has 4 nitrogen and oxygen atoms in total. The Bertz CT molecular complexity index is 159. The molecule has 4 heteroatoms. The van der Waals surface area contributed by atoms with E-state index in [-0.39, 0.29) is 5.41 Å². The zero-order valence-corrected chi connectivity index (χ0v) is 9.53. The minimum atomic E-state index is -0.328. The average molecular weight is 216 g/mol. The van der Waals surface area contributed by atoms with Crippen molar-refractivity contribution in [3.63, 3.8) is 0 Å². The van der Waals surface area contributed by atoms with E-state index in [1.54, 1.807) is 14.2 Å². The minimum Gasteiger partial charge on any atom is -0.501 e. The van der Waals surface area contributed by atoms with Crippen LogP contribution in [0.4, 0.5) is 0 Å². The molecule has 0 saturated carbocycles. The van der Waals surface area contributed by atoms with Crippen LogP contribution in [0, 0.1) is 5.41 Å². The van der Waals surface area contributed by atoms with Crippen LogP contribution in [0.25, 0.3) is 0 Å². The summed E-state index contributed by atoms with van der Waals surface area (Å²) in [4.78, 5) is 0. The maximum absolute atomic E-state index is 5.19. The summed E-state index contributed by atoms with van der Waals surface area (Å²) in [6.45, 7) is 8.85. The summed E-state index contributed by atoms with van der Waals surface area (Å²) in [5, 5.41) is 0. The third kappa shape index (κ3) is 5.44. The Hall–Kier alpha value is -1.00. The van der Waals surface area contributed by atoms with Gasteiger partial charge in [-0.3, -0.25) is 0 Å². The molecule has 0 aromatic heterocycles. The van der Waals surface area contributed by atoms with Gasteiger partial charge >= 0.3 is 0 Å². The Labute approximate surface area is 91.5 Å². The quantitative estimate of drug-likeness (QED) is 0.520. The Morgan fingerprint density at radius 1 is 0.867 bits per heavy atom. The Morgan fingerprint density at radius 2 is 1.27 bits per heavy atom. The van der Waals surface area contributed by atoms with Crippen molar-refractivity contribution in [2.75, 3.05) is 40.6 Å². The topological polar surface area (TPSA) is 36.9 Å². The molecule has 0 aliphatic heterocycles. The number of hydrogen-bond acceptors (Lipinski definition) is 4. The number of rotatable bonds is 10. The highest BCUT2D eigenvalue weighted by Crippen LogP contribution is 2.20. The third-order valence-electron chi connectivity index (χ3n) is 1.92. The van der Waals surface area contributed by atoms with Crippen molar-refractivity contribution in [1.82, 2.24) is 0 Å². The van der Waals surface area contributed by atoms with Gasteiger partial charge in [-0.25, -0.2) is 0 Å². The van der Waals surface area contributed by atoms with E-state index in [1.165, 1.54) is 12.5 Å². The van der Waals surface area contributed by atoms with Crippen molar-refractivity contribution in [3.8, 4) is 0 Å². The van der Waals surface area contributed by atoms with Crippen LogP contribution in [0.1, 0.15) is 0 Å². The largest absolute Gasteiger partial charge is 0.501 e. The molecule has 0 rings (SSSR count). The van der Waals surface area contributed by atoms with Gasteiger partial charge in [0.05, 0.1) is 31.2 Å². The molecule has 0 bridgehead atoms. The first-order valence-corrected chi connectivity index (χ1v) is 4.67. The first-order chi connectivity index (χ1) is 7.24. The summed E-state index contributed by atoms with van der Waals surface area (Å²) < 4.78 is 20.7. The van der Waals surface area contributed by atoms with Gasteiger partial charge in [0.25, 0.3) is 0 Å². The molecule has 0 N–H and O–H groups in total. The van der Waals surface area contributed by atoms with Gasteiger partial charge < -0.3 is 18.9 Å². The van der Waals surface area contributed by atoms with Crippen LogP contribution in [0.3, 0.4) is 0 Å². The zero-order valence-electron chi connectivity index (χ0n) is 9.53. The van der Waals surface area contributed by atoms with E-state index in [0.29, 0.717) is 26.4 Å². The van der Waals surface area contributed by atoms with E-state index < -0.39 is 0 Å². The summed E-state index contributed by atoms with van der Waals surface area (Å²) in [5.74, 6) is 0. The zero-order chi connectivity index (χ0) is 11.6. The Morgan fingerprint density at radius 3 is 1.53 bits per heavy atom. The number of hydrogen-bond donors (Lipinski definition) is 0. The standard InChI is InChI=1S/C11H20O4/c1-5-14-9-11(7-12-3,8-13-4)10-15-6-2/h5-6H,1-2,7-10H2,3-4H3. The van der Waals surface area contributed by atoms with E-state index >= 15 is 0 Å². The van der Waals surface area contributed by atoms with Crippen LogP contribution in [-0.4, -0.2) is 40.6 Å². The fourth-order valence-corrected chi connectivity index (χ4v) is 1.33. The van der Waals surface area contributed by atoms with E-state index in [9.17, 15) is 0 Å². The second-order valence-electron chi connectivity index (χ2n) is 3.32. The monoisotopic (exact) mass is 216 g/mol. The lowest BCUT2D eigenvalue weighted by atomic mass is 9.92. The molecule has 0 amide bonds. The molecule has 15 heavy (non-hydrogen) atoms. The maximum atomic E-state index is 5.19. The molecule has 0 atom stereocenters. The molecule has 88 valence electrons. The van der Waals surface area contributed by atoms with Crippen LogP contribution < -0.4 is 0 Å². The molecule has 0 fully saturated rings. The highest BCUT2D eigenvalue weighted by molar-refractivity contribution is 4.80. The van der Waals surface area contributed by atoms with Gasteiger partial charge in [0, 0.05) is 14.2 Å². The lowest BCUT2D eigenvalue weighted by Gasteiger charge is -2.30. The van der Waals surface area contributed by atoms with Gasteiger partial charge in [0.2, 0.25) is 0 Å². The second kappa shape index (κ2) is 8.32. The van der Waals surface area contributed by atoms with Crippen molar-refractivity contribution in [2.45, 2.75) is 0 Å². The first-order valence-electron chi connectivity index (χ1n) is 4.67. The molecule has 0 radical (unpaired) electrons. The average Bonchev–Trinajstić information content (AvgIpc) is 2.24. The van der Waals surface area contributed by atoms with E-state index in [0.717, 1.165) is 0 Å². The second-order valence-corrected chi connectivity index (χ2v) is 3.32. The van der Waals surface area contributed by atoms with Crippen molar-refractivity contribution < 1.29 is 18.9 Å². The summed E-state index contributed by atoms with van der Waals surface area (Å²) in [6, 6.07) is 0. The molecule has 0 saturated heterocycles. The van der Waals surface area contributed by atoms with E-state index in [2.05, 4.69) is 13.2 Å². The maximum Gasteiger partial charge on any atom is 0.101 e. The molecule has 0 unspecified atom stereocenters. The molecule has 0 aromatic carbocycles.